The summed E-state index contributed by atoms with van der Waals surface area (Å²) in [5.74, 6) is -1.99. The van der Waals surface area contributed by atoms with Crippen molar-refractivity contribution in [2.75, 3.05) is 6.61 Å². The molecule has 0 aliphatic heterocycles. The average molecular weight is 316 g/mol. The summed E-state index contributed by atoms with van der Waals surface area (Å²) in [6, 6.07) is 0. The third-order valence-electron chi connectivity index (χ3n) is 3.00. The lowest BCUT2D eigenvalue weighted by atomic mass is 9.86. The zero-order valence-corrected chi connectivity index (χ0v) is 11.1. The Morgan fingerprint density at radius 2 is 1.95 bits per heavy atom. The molecule has 0 spiro atoms. The molecule has 1 N–H and O–H groups in total. The van der Waals surface area contributed by atoms with E-state index in [4.69, 9.17) is 4.55 Å². The van der Waals surface area contributed by atoms with E-state index < -0.39 is 40.0 Å². The Morgan fingerprint density at radius 3 is 2.50 bits per heavy atom. The van der Waals surface area contributed by atoms with E-state index in [9.17, 15) is 26.8 Å². The van der Waals surface area contributed by atoms with Crippen molar-refractivity contribution in [2.45, 2.75) is 37.0 Å². The molecule has 7 nitrogen and oxygen atoms in total. The first kappa shape index (κ1) is 16.8. The average Bonchev–Trinajstić information content (AvgIpc) is 2.36. The zero-order chi connectivity index (χ0) is 15.4. The second kappa shape index (κ2) is 6.44. The Balaban J connectivity index is 2.63. The number of halogens is 2. The highest BCUT2D eigenvalue weighted by Crippen LogP contribution is 2.28. The molecule has 20 heavy (non-hydrogen) atoms. The van der Waals surface area contributed by atoms with Crippen molar-refractivity contribution < 1.29 is 40.8 Å². The maximum atomic E-state index is 12.9. The second-order valence-electron chi connectivity index (χ2n) is 4.38. The minimum atomic E-state index is -5.65. The van der Waals surface area contributed by atoms with Gasteiger partial charge in [-0.2, -0.15) is 17.2 Å². The molecule has 1 rings (SSSR count). The quantitative estimate of drug-likeness (QED) is 0.437. The highest BCUT2D eigenvalue weighted by Gasteiger charge is 2.46. The normalized spacial score (nSPS) is 23.9. The van der Waals surface area contributed by atoms with Crippen molar-refractivity contribution in [1.82, 2.24) is 0 Å². The van der Waals surface area contributed by atoms with Crippen LogP contribution in [0.5, 0.6) is 0 Å². The Labute approximate surface area is 114 Å². The van der Waals surface area contributed by atoms with Gasteiger partial charge in [-0.1, -0.05) is 6.42 Å². The van der Waals surface area contributed by atoms with Gasteiger partial charge < -0.3 is 9.47 Å². The molecule has 0 saturated heterocycles. The summed E-state index contributed by atoms with van der Waals surface area (Å²) in [4.78, 5) is 21.9. The topological polar surface area (TPSA) is 107 Å². The van der Waals surface area contributed by atoms with Crippen molar-refractivity contribution in [3.05, 3.63) is 0 Å². The smallest absolute Gasteiger partial charge is 0.402 e. The first-order valence-electron chi connectivity index (χ1n) is 5.79. The predicted molar refractivity (Wildman–Crippen MR) is 60.3 cm³/mol. The molecule has 0 bridgehead atoms. The molecule has 0 amide bonds. The molecular formula is C10H14F2O7S. The molecular weight excluding hydrogens is 302 g/mol. The van der Waals surface area contributed by atoms with Crippen LogP contribution in [0.1, 0.15) is 25.7 Å². The largest absolute Gasteiger partial charge is 0.464 e. The predicted octanol–water partition coefficient (Wildman–Crippen LogP) is 0.742. The molecule has 2 atom stereocenters. The lowest BCUT2D eigenvalue weighted by molar-refractivity contribution is -0.163. The fraction of sp³-hybridized carbons (Fsp3) is 0.800. The van der Waals surface area contributed by atoms with E-state index in [-0.39, 0.29) is 12.9 Å². The molecule has 0 aromatic carbocycles. The number of esters is 1. The Kier molecular flexibility index (Phi) is 5.40. The van der Waals surface area contributed by atoms with Crippen molar-refractivity contribution in [2.24, 2.45) is 5.92 Å². The fourth-order valence-electron chi connectivity index (χ4n) is 1.94. The molecule has 1 saturated carbocycles. The maximum absolute atomic E-state index is 12.9. The van der Waals surface area contributed by atoms with Gasteiger partial charge in [0.2, 0.25) is 0 Å². The van der Waals surface area contributed by atoms with E-state index in [1.807, 2.05) is 0 Å². The molecule has 0 radical (unpaired) electrons. The first-order valence-corrected chi connectivity index (χ1v) is 7.23. The summed E-state index contributed by atoms with van der Waals surface area (Å²) >= 11 is 0. The van der Waals surface area contributed by atoms with Gasteiger partial charge in [0.25, 0.3) is 6.47 Å². The molecule has 116 valence electrons. The van der Waals surface area contributed by atoms with Crippen LogP contribution in [-0.4, -0.2) is 43.4 Å². The first-order chi connectivity index (χ1) is 9.19. The number of ether oxygens (including phenoxy) is 2. The van der Waals surface area contributed by atoms with Gasteiger partial charge in [0.1, 0.15) is 6.10 Å². The van der Waals surface area contributed by atoms with E-state index in [0.717, 1.165) is 0 Å². The lowest BCUT2D eigenvalue weighted by Crippen LogP contribution is -2.39. The zero-order valence-electron chi connectivity index (χ0n) is 10.3. The van der Waals surface area contributed by atoms with Crippen molar-refractivity contribution in [1.29, 1.82) is 0 Å². The van der Waals surface area contributed by atoms with E-state index in [0.29, 0.717) is 19.3 Å². The summed E-state index contributed by atoms with van der Waals surface area (Å²) in [6.07, 6.45) is 1.26. The highest BCUT2D eigenvalue weighted by molar-refractivity contribution is 7.86. The van der Waals surface area contributed by atoms with Gasteiger partial charge in [0.05, 0.1) is 5.92 Å². The van der Waals surface area contributed by atoms with Crippen LogP contribution in [0, 0.1) is 5.92 Å². The monoisotopic (exact) mass is 316 g/mol. The molecule has 0 aromatic heterocycles. The van der Waals surface area contributed by atoms with E-state index in [1.54, 1.807) is 0 Å². The molecule has 2 unspecified atom stereocenters. The Hall–Kier alpha value is -1.29. The summed E-state index contributed by atoms with van der Waals surface area (Å²) in [7, 11) is -5.65. The van der Waals surface area contributed by atoms with Crippen LogP contribution in [0.4, 0.5) is 8.78 Å². The van der Waals surface area contributed by atoms with Crippen molar-refractivity contribution in [3.63, 3.8) is 0 Å². The van der Waals surface area contributed by atoms with Crippen LogP contribution < -0.4 is 0 Å². The molecule has 1 aliphatic carbocycles. The second-order valence-corrected chi connectivity index (χ2v) is 5.93. The molecule has 1 aliphatic rings. The molecule has 10 heteroatoms. The number of hydrogen-bond donors (Lipinski definition) is 1. The third-order valence-corrected chi connectivity index (χ3v) is 3.87. The van der Waals surface area contributed by atoms with Crippen LogP contribution in [0.25, 0.3) is 0 Å². The standard InChI is InChI=1S/C10H14F2O7S/c11-10(12,20(15,16)17)5-18-9(14)7-3-1-2-4-8(7)19-6-13/h6-8H,1-5H2,(H,15,16,17). The van der Waals surface area contributed by atoms with Crippen LogP contribution in [-0.2, 0) is 29.2 Å². The van der Waals surface area contributed by atoms with E-state index in [1.165, 1.54) is 0 Å². The highest BCUT2D eigenvalue weighted by atomic mass is 32.2. The van der Waals surface area contributed by atoms with Gasteiger partial charge in [-0.3, -0.25) is 14.1 Å². The van der Waals surface area contributed by atoms with E-state index in [2.05, 4.69) is 9.47 Å². The van der Waals surface area contributed by atoms with Crippen LogP contribution >= 0.6 is 0 Å². The minimum Gasteiger partial charge on any atom is -0.464 e. The van der Waals surface area contributed by atoms with Gasteiger partial charge >= 0.3 is 21.3 Å². The number of rotatable bonds is 6. The fourth-order valence-corrected chi connectivity index (χ4v) is 2.15. The Morgan fingerprint density at radius 1 is 1.35 bits per heavy atom. The number of hydrogen-bond acceptors (Lipinski definition) is 6. The van der Waals surface area contributed by atoms with Gasteiger partial charge in [-0.05, 0) is 19.3 Å². The summed E-state index contributed by atoms with van der Waals surface area (Å²) in [6.45, 7) is -1.63. The number of carbonyl (C=O) groups excluding carboxylic acids is 2. The van der Waals surface area contributed by atoms with Gasteiger partial charge in [0, 0.05) is 0 Å². The third kappa shape index (κ3) is 4.10. The SMILES string of the molecule is O=COC1CCCCC1C(=O)OCC(F)(F)S(=O)(=O)O. The molecule has 0 heterocycles. The van der Waals surface area contributed by atoms with Crippen LogP contribution in [0.2, 0.25) is 0 Å². The van der Waals surface area contributed by atoms with Gasteiger partial charge in [-0.25, -0.2) is 0 Å². The summed E-state index contributed by atoms with van der Waals surface area (Å²) < 4.78 is 63.7. The van der Waals surface area contributed by atoms with Gasteiger partial charge in [-0.15, -0.1) is 0 Å². The van der Waals surface area contributed by atoms with Crippen LogP contribution in [0.3, 0.4) is 0 Å². The summed E-state index contributed by atoms with van der Waals surface area (Å²) in [5, 5.41) is -4.57. The number of carbonyl (C=O) groups is 2. The Bertz CT molecular complexity index is 462. The van der Waals surface area contributed by atoms with Gasteiger partial charge in [0.15, 0.2) is 6.61 Å². The number of alkyl halides is 2. The molecule has 1 fully saturated rings. The minimum absolute atomic E-state index is 0.156. The summed E-state index contributed by atoms with van der Waals surface area (Å²) in [5.41, 5.74) is 0. The lowest BCUT2D eigenvalue weighted by Gasteiger charge is -2.28. The van der Waals surface area contributed by atoms with Crippen LogP contribution in [0.15, 0.2) is 0 Å². The maximum Gasteiger partial charge on any atom is 0.402 e. The van der Waals surface area contributed by atoms with E-state index >= 15 is 0 Å². The van der Waals surface area contributed by atoms with Crippen molar-refractivity contribution >= 4 is 22.6 Å². The molecule has 0 aromatic rings. The van der Waals surface area contributed by atoms with Crippen molar-refractivity contribution in [3.8, 4) is 0 Å².